The largest absolute Gasteiger partial charge is 0.415 e. The average Bonchev–Trinajstić information content (AvgIpc) is 3.34. The number of piperazine rings is 1. The van der Waals surface area contributed by atoms with Crippen LogP contribution in [0.15, 0.2) is 66.2 Å². The maximum absolute atomic E-state index is 12.5. The lowest BCUT2D eigenvalue weighted by molar-refractivity contribution is 0.111. The van der Waals surface area contributed by atoms with Gasteiger partial charge in [0.15, 0.2) is 0 Å². The van der Waals surface area contributed by atoms with Gasteiger partial charge in [-0.15, -0.1) is 11.8 Å². The lowest BCUT2D eigenvalue weighted by atomic mass is 10.2. The number of thioether (sulfide) groups is 1. The molecule has 4 rings (SSSR count). The molecular formula is C23H27N5O2S. The van der Waals surface area contributed by atoms with E-state index in [1.54, 1.807) is 11.2 Å². The molecule has 0 bridgehead atoms. The Morgan fingerprint density at radius 1 is 1.03 bits per heavy atom. The lowest BCUT2D eigenvalue weighted by Crippen LogP contribution is -2.49. The van der Waals surface area contributed by atoms with Crippen LogP contribution in [0.1, 0.15) is 11.3 Å². The number of pyridine rings is 1. The standard InChI is InChI=1S/C23H27N5O2S/c29-23(28-14-12-27(13-15-28)11-7-20-17-25-18-26-20)30-21-3-1-19(2-4-21)8-16-31-22-5-9-24-10-6-22/h1-6,9-10,17-18H,7-8,11-16H2,(H,25,26). The predicted molar refractivity (Wildman–Crippen MR) is 121 cm³/mol. The molecule has 0 saturated carbocycles. The Bertz CT molecular complexity index is 926. The van der Waals surface area contributed by atoms with E-state index in [0.717, 1.165) is 43.9 Å². The molecule has 8 heteroatoms. The third-order valence-electron chi connectivity index (χ3n) is 5.31. The Morgan fingerprint density at radius 2 is 1.81 bits per heavy atom. The Labute approximate surface area is 186 Å². The normalized spacial score (nSPS) is 14.5. The molecule has 3 aromatic rings. The van der Waals surface area contributed by atoms with Gasteiger partial charge in [0.25, 0.3) is 0 Å². The summed E-state index contributed by atoms with van der Waals surface area (Å²) >= 11 is 1.81. The van der Waals surface area contributed by atoms with Gasteiger partial charge in [-0.05, 0) is 36.2 Å². The maximum atomic E-state index is 12.5. The van der Waals surface area contributed by atoms with Crippen molar-refractivity contribution in [2.45, 2.75) is 17.7 Å². The van der Waals surface area contributed by atoms with Crippen molar-refractivity contribution in [3.05, 3.63) is 72.6 Å². The number of imidazole rings is 1. The number of amides is 1. The molecule has 31 heavy (non-hydrogen) atoms. The highest BCUT2D eigenvalue weighted by molar-refractivity contribution is 7.99. The highest BCUT2D eigenvalue weighted by Crippen LogP contribution is 2.20. The summed E-state index contributed by atoms with van der Waals surface area (Å²) in [6, 6.07) is 11.9. The van der Waals surface area contributed by atoms with E-state index in [9.17, 15) is 4.79 Å². The molecule has 1 aliphatic rings. The van der Waals surface area contributed by atoms with E-state index in [-0.39, 0.29) is 6.09 Å². The van der Waals surface area contributed by atoms with Crippen LogP contribution in [0.3, 0.4) is 0 Å². The number of aromatic amines is 1. The van der Waals surface area contributed by atoms with E-state index in [2.05, 4.69) is 19.9 Å². The first-order valence-corrected chi connectivity index (χ1v) is 11.5. The van der Waals surface area contributed by atoms with Crippen molar-refractivity contribution in [3.8, 4) is 5.75 Å². The predicted octanol–water partition coefficient (Wildman–Crippen LogP) is 3.50. The molecule has 0 radical (unpaired) electrons. The van der Waals surface area contributed by atoms with Crippen LogP contribution in [-0.2, 0) is 12.8 Å². The maximum Gasteiger partial charge on any atom is 0.415 e. The minimum absolute atomic E-state index is 0.270. The van der Waals surface area contributed by atoms with Crippen LogP contribution < -0.4 is 4.74 Å². The number of hydrogen-bond acceptors (Lipinski definition) is 6. The zero-order chi connectivity index (χ0) is 21.3. The first-order valence-electron chi connectivity index (χ1n) is 10.5. The van der Waals surface area contributed by atoms with Crippen LogP contribution >= 0.6 is 11.8 Å². The van der Waals surface area contributed by atoms with Crippen molar-refractivity contribution in [2.24, 2.45) is 0 Å². The Kier molecular flexibility index (Phi) is 7.57. The van der Waals surface area contributed by atoms with Crippen molar-refractivity contribution in [1.29, 1.82) is 0 Å². The molecule has 1 saturated heterocycles. The van der Waals surface area contributed by atoms with E-state index in [0.29, 0.717) is 18.8 Å². The van der Waals surface area contributed by atoms with E-state index in [4.69, 9.17) is 4.74 Å². The smallest absolute Gasteiger partial charge is 0.410 e. The molecule has 0 aliphatic carbocycles. The van der Waals surface area contributed by atoms with Crippen LogP contribution in [-0.4, -0.2) is 69.3 Å². The Hall–Kier alpha value is -2.84. The number of nitrogens with one attached hydrogen (secondary N) is 1. The number of aryl methyl sites for hydroxylation is 1. The van der Waals surface area contributed by atoms with E-state index >= 15 is 0 Å². The van der Waals surface area contributed by atoms with Crippen LogP contribution in [0.2, 0.25) is 0 Å². The van der Waals surface area contributed by atoms with Crippen LogP contribution in [0, 0.1) is 0 Å². The van der Waals surface area contributed by atoms with Gasteiger partial charge in [-0.1, -0.05) is 12.1 Å². The van der Waals surface area contributed by atoms with E-state index < -0.39 is 0 Å². The number of hydrogen-bond donors (Lipinski definition) is 1. The molecule has 1 fully saturated rings. The molecular weight excluding hydrogens is 410 g/mol. The van der Waals surface area contributed by atoms with Gasteiger partial charge in [-0.2, -0.15) is 0 Å². The number of nitrogens with zero attached hydrogens (tertiary/aromatic N) is 4. The minimum atomic E-state index is -0.270. The second kappa shape index (κ2) is 11.0. The molecule has 7 nitrogen and oxygen atoms in total. The van der Waals surface area contributed by atoms with Crippen LogP contribution in [0.25, 0.3) is 0 Å². The van der Waals surface area contributed by atoms with Gasteiger partial charge >= 0.3 is 6.09 Å². The Morgan fingerprint density at radius 3 is 2.52 bits per heavy atom. The van der Waals surface area contributed by atoms with Crippen molar-refractivity contribution in [1.82, 2.24) is 24.8 Å². The molecule has 0 spiro atoms. The Balaban J connectivity index is 1.16. The van der Waals surface area contributed by atoms with Crippen molar-refractivity contribution < 1.29 is 9.53 Å². The number of carbonyl (C=O) groups excluding carboxylic acids is 1. The molecule has 1 N–H and O–H groups in total. The molecule has 1 aliphatic heterocycles. The average molecular weight is 438 g/mol. The molecule has 3 heterocycles. The summed E-state index contributed by atoms with van der Waals surface area (Å²) in [6.07, 6.45) is 8.87. The molecule has 2 aromatic heterocycles. The zero-order valence-electron chi connectivity index (χ0n) is 17.4. The highest BCUT2D eigenvalue weighted by atomic mass is 32.2. The molecule has 1 amide bonds. The summed E-state index contributed by atoms with van der Waals surface area (Å²) in [7, 11) is 0. The van der Waals surface area contributed by atoms with Gasteiger partial charge in [0, 0.05) is 68.4 Å². The number of ether oxygens (including phenoxy) is 1. The lowest BCUT2D eigenvalue weighted by Gasteiger charge is -2.33. The van der Waals surface area contributed by atoms with Crippen LogP contribution in [0.5, 0.6) is 5.75 Å². The van der Waals surface area contributed by atoms with Crippen LogP contribution in [0.4, 0.5) is 4.79 Å². The van der Waals surface area contributed by atoms with E-state index in [1.165, 1.54) is 10.5 Å². The number of benzene rings is 1. The SMILES string of the molecule is O=C(Oc1ccc(CCSc2ccncc2)cc1)N1CCN(CCc2c[nH]cn2)CC1. The van der Waals surface area contributed by atoms with Crippen molar-refractivity contribution in [2.75, 3.05) is 38.5 Å². The number of H-pyrrole nitrogens is 1. The van der Waals surface area contributed by atoms with Crippen molar-refractivity contribution in [3.63, 3.8) is 0 Å². The van der Waals surface area contributed by atoms with Gasteiger partial charge < -0.3 is 14.6 Å². The topological polar surface area (TPSA) is 74.3 Å². The quantitative estimate of drug-likeness (QED) is 0.544. The van der Waals surface area contributed by atoms with Gasteiger partial charge in [0.1, 0.15) is 5.75 Å². The summed E-state index contributed by atoms with van der Waals surface area (Å²) in [4.78, 5) is 29.1. The van der Waals surface area contributed by atoms with Gasteiger partial charge in [-0.3, -0.25) is 9.88 Å². The monoisotopic (exact) mass is 437 g/mol. The second-order valence-corrected chi connectivity index (χ2v) is 8.60. The summed E-state index contributed by atoms with van der Waals surface area (Å²) in [5.74, 6) is 1.59. The first kappa shape index (κ1) is 21.4. The molecule has 162 valence electrons. The zero-order valence-corrected chi connectivity index (χ0v) is 18.3. The fourth-order valence-corrected chi connectivity index (χ4v) is 4.35. The highest BCUT2D eigenvalue weighted by Gasteiger charge is 2.22. The number of rotatable bonds is 8. The summed E-state index contributed by atoms with van der Waals surface area (Å²) < 4.78 is 5.58. The first-order chi connectivity index (χ1) is 15.3. The summed E-state index contributed by atoms with van der Waals surface area (Å²) in [5.41, 5.74) is 2.30. The van der Waals surface area contributed by atoms with Gasteiger partial charge in [0.2, 0.25) is 0 Å². The van der Waals surface area contributed by atoms with Crippen molar-refractivity contribution >= 4 is 17.9 Å². The molecule has 0 atom stereocenters. The molecule has 0 unspecified atom stereocenters. The van der Waals surface area contributed by atoms with Gasteiger partial charge in [0.05, 0.1) is 12.0 Å². The van der Waals surface area contributed by atoms with Gasteiger partial charge in [-0.25, -0.2) is 9.78 Å². The summed E-state index contributed by atoms with van der Waals surface area (Å²) in [6.45, 7) is 4.03. The number of carbonyl (C=O) groups is 1. The summed E-state index contributed by atoms with van der Waals surface area (Å²) in [5, 5.41) is 0. The minimum Gasteiger partial charge on any atom is -0.410 e. The van der Waals surface area contributed by atoms with E-state index in [1.807, 2.05) is 66.8 Å². The third-order valence-corrected chi connectivity index (χ3v) is 6.32. The fourth-order valence-electron chi connectivity index (χ4n) is 3.47. The molecule has 1 aromatic carbocycles. The number of aromatic nitrogens is 3. The fraction of sp³-hybridized carbons (Fsp3) is 0.348. The third kappa shape index (κ3) is 6.57. The second-order valence-electron chi connectivity index (χ2n) is 7.43.